The molecular formula is C18H20N4O4S. The van der Waals surface area contributed by atoms with Crippen LogP contribution in [-0.2, 0) is 14.3 Å². The smallest absolute Gasteiger partial charge is 0.264 e. The van der Waals surface area contributed by atoms with Crippen molar-refractivity contribution in [3.63, 3.8) is 0 Å². The third-order valence-electron chi connectivity index (χ3n) is 4.73. The summed E-state index contributed by atoms with van der Waals surface area (Å²) in [5.41, 5.74) is 0.114. The Morgan fingerprint density at radius 3 is 2.74 bits per heavy atom. The molecular weight excluding hydrogens is 368 g/mol. The number of rotatable bonds is 3. The fourth-order valence-electron chi connectivity index (χ4n) is 3.67. The number of likely N-dealkylation sites (tertiary alicyclic amines) is 1. The van der Waals surface area contributed by atoms with Gasteiger partial charge in [-0.3, -0.25) is 4.18 Å². The van der Waals surface area contributed by atoms with Gasteiger partial charge in [0.1, 0.15) is 23.3 Å². The van der Waals surface area contributed by atoms with Crippen LogP contribution in [0.4, 0.5) is 0 Å². The summed E-state index contributed by atoms with van der Waals surface area (Å²) < 4.78 is 35.4. The highest BCUT2D eigenvalue weighted by atomic mass is 32.2. The molecule has 0 aromatic heterocycles. The van der Waals surface area contributed by atoms with E-state index in [-0.39, 0.29) is 0 Å². The SMILES string of the molecule is CC1(C)Oc2ccc(C#N)cc2[C@@H](N2CCCC2=NC#N)[C@@H]1OS(C)(=O)=O. The Morgan fingerprint density at radius 2 is 2.11 bits per heavy atom. The monoisotopic (exact) mass is 388 g/mol. The molecule has 0 saturated carbocycles. The molecule has 1 fully saturated rings. The van der Waals surface area contributed by atoms with Gasteiger partial charge in [0.2, 0.25) is 6.19 Å². The molecule has 0 N–H and O–H groups in total. The molecule has 8 nitrogen and oxygen atoms in total. The first-order chi connectivity index (χ1) is 12.7. The summed E-state index contributed by atoms with van der Waals surface area (Å²) in [5, 5.41) is 18.3. The van der Waals surface area contributed by atoms with E-state index in [1.807, 2.05) is 11.1 Å². The predicted molar refractivity (Wildman–Crippen MR) is 97.3 cm³/mol. The number of ether oxygens (including phenoxy) is 1. The molecule has 142 valence electrons. The maximum Gasteiger partial charge on any atom is 0.264 e. The molecule has 2 aliphatic heterocycles. The minimum Gasteiger partial charge on any atom is -0.485 e. The zero-order valence-corrected chi connectivity index (χ0v) is 16.2. The van der Waals surface area contributed by atoms with E-state index in [4.69, 9.17) is 14.2 Å². The highest BCUT2D eigenvalue weighted by Gasteiger charge is 2.50. The lowest BCUT2D eigenvalue weighted by atomic mass is 9.85. The lowest BCUT2D eigenvalue weighted by Crippen LogP contribution is -2.55. The molecule has 2 heterocycles. The van der Waals surface area contributed by atoms with Gasteiger partial charge in [-0.2, -0.15) is 23.9 Å². The molecule has 1 aromatic carbocycles. The van der Waals surface area contributed by atoms with E-state index in [9.17, 15) is 13.7 Å². The van der Waals surface area contributed by atoms with Gasteiger partial charge < -0.3 is 9.64 Å². The molecule has 0 radical (unpaired) electrons. The summed E-state index contributed by atoms with van der Waals surface area (Å²) in [5.74, 6) is 1.14. The number of amidine groups is 1. The second kappa shape index (κ2) is 6.84. The maximum atomic E-state index is 12.0. The maximum absolute atomic E-state index is 12.0. The van der Waals surface area contributed by atoms with E-state index < -0.39 is 27.9 Å². The van der Waals surface area contributed by atoms with Crippen LogP contribution >= 0.6 is 0 Å². The first kappa shape index (κ1) is 19.2. The summed E-state index contributed by atoms with van der Waals surface area (Å²) in [6.07, 6.45) is 3.33. The highest BCUT2D eigenvalue weighted by Crippen LogP contribution is 2.46. The largest absolute Gasteiger partial charge is 0.485 e. The third-order valence-corrected chi connectivity index (χ3v) is 5.28. The zero-order valence-electron chi connectivity index (χ0n) is 15.3. The van der Waals surface area contributed by atoms with Crippen LogP contribution in [0.3, 0.4) is 0 Å². The van der Waals surface area contributed by atoms with Crippen molar-refractivity contribution in [2.75, 3.05) is 12.8 Å². The minimum absolute atomic E-state index is 0.429. The van der Waals surface area contributed by atoms with E-state index in [2.05, 4.69) is 11.1 Å². The number of nitrogens with zero attached hydrogens (tertiary/aromatic N) is 4. The molecule has 2 atom stereocenters. The Hall–Kier alpha value is -2.62. The van der Waals surface area contributed by atoms with Crippen molar-refractivity contribution >= 4 is 16.0 Å². The van der Waals surface area contributed by atoms with E-state index >= 15 is 0 Å². The topological polar surface area (TPSA) is 116 Å². The van der Waals surface area contributed by atoms with Crippen molar-refractivity contribution in [3.8, 4) is 18.0 Å². The van der Waals surface area contributed by atoms with Crippen LogP contribution in [0.15, 0.2) is 23.2 Å². The molecule has 0 amide bonds. The van der Waals surface area contributed by atoms with E-state index in [0.717, 1.165) is 12.7 Å². The Labute approximate surface area is 158 Å². The second-order valence-electron chi connectivity index (χ2n) is 7.16. The summed E-state index contributed by atoms with van der Waals surface area (Å²) in [4.78, 5) is 5.80. The first-order valence-corrected chi connectivity index (χ1v) is 10.3. The standard InChI is InChI=1S/C18H20N4O4S/c1-18(2)17(26-27(3,23)24)16(22-8-4-5-15(22)21-11-20)13-9-12(10-19)6-7-14(13)25-18/h6-7,9,16-17H,4-5,8H2,1-3H3/t16-,17+/m1/s1. The summed E-state index contributed by atoms with van der Waals surface area (Å²) >= 11 is 0. The molecule has 1 saturated heterocycles. The van der Waals surface area contributed by atoms with Crippen LogP contribution in [0.5, 0.6) is 5.75 Å². The molecule has 3 rings (SSSR count). The van der Waals surface area contributed by atoms with E-state index in [1.165, 1.54) is 0 Å². The van der Waals surface area contributed by atoms with Crippen molar-refractivity contribution in [2.45, 2.75) is 44.4 Å². The van der Waals surface area contributed by atoms with Gasteiger partial charge in [0.15, 0.2) is 0 Å². The summed E-state index contributed by atoms with van der Waals surface area (Å²) in [6.45, 7) is 4.11. The van der Waals surface area contributed by atoms with Crippen molar-refractivity contribution in [1.29, 1.82) is 10.5 Å². The van der Waals surface area contributed by atoms with Gasteiger partial charge in [0, 0.05) is 18.5 Å². The number of aliphatic imine (C=N–C) groups is 1. The molecule has 0 spiro atoms. The van der Waals surface area contributed by atoms with Crippen molar-refractivity contribution in [3.05, 3.63) is 29.3 Å². The van der Waals surface area contributed by atoms with Crippen LogP contribution in [0.1, 0.15) is 43.9 Å². The van der Waals surface area contributed by atoms with Crippen molar-refractivity contribution in [2.24, 2.45) is 4.99 Å². The minimum atomic E-state index is -3.78. The molecule has 27 heavy (non-hydrogen) atoms. The number of nitriles is 2. The van der Waals surface area contributed by atoms with Crippen molar-refractivity contribution in [1.82, 2.24) is 4.90 Å². The highest BCUT2D eigenvalue weighted by molar-refractivity contribution is 7.86. The second-order valence-corrected chi connectivity index (χ2v) is 8.76. The van der Waals surface area contributed by atoms with Gasteiger partial charge in [0.25, 0.3) is 10.1 Å². The van der Waals surface area contributed by atoms with E-state index in [1.54, 1.807) is 32.0 Å². The molecule has 0 unspecified atom stereocenters. The normalized spacial score (nSPS) is 25.4. The van der Waals surface area contributed by atoms with Gasteiger partial charge in [-0.25, -0.2) is 0 Å². The fraction of sp³-hybridized carbons (Fsp3) is 0.500. The van der Waals surface area contributed by atoms with Gasteiger partial charge in [-0.15, -0.1) is 0 Å². The number of hydrogen-bond donors (Lipinski definition) is 0. The molecule has 2 aliphatic rings. The molecule has 0 bridgehead atoms. The van der Waals surface area contributed by atoms with Gasteiger partial charge >= 0.3 is 0 Å². The number of fused-ring (bicyclic) bond motifs is 1. The molecule has 9 heteroatoms. The van der Waals surface area contributed by atoms with Crippen LogP contribution in [0, 0.1) is 22.8 Å². The number of benzene rings is 1. The summed E-state index contributed by atoms with van der Waals surface area (Å²) in [7, 11) is -3.78. The van der Waals surface area contributed by atoms with Gasteiger partial charge in [-0.1, -0.05) is 0 Å². The average Bonchev–Trinajstić information content (AvgIpc) is 3.02. The van der Waals surface area contributed by atoms with Gasteiger partial charge in [0.05, 0.1) is 23.9 Å². The quantitative estimate of drug-likeness (QED) is 0.575. The lowest BCUT2D eigenvalue weighted by Gasteiger charge is -2.47. The Balaban J connectivity index is 2.20. The number of hydrogen-bond acceptors (Lipinski definition) is 7. The Bertz CT molecular complexity index is 972. The zero-order chi connectivity index (χ0) is 19.8. The molecule has 0 aliphatic carbocycles. The van der Waals surface area contributed by atoms with Crippen LogP contribution in [0.2, 0.25) is 0 Å². The third kappa shape index (κ3) is 3.75. The van der Waals surface area contributed by atoms with Crippen molar-refractivity contribution < 1.29 is 17.3 Å². The Morgan fingerprint density at radius 1 is 1.37 bits per heavy atom. The summed E-state index contributed by atoms with van der Waals surface area (Å²) in [6, 6.07) is 6.57. The average molecular weight is 388 g/mol. The fourth-order valence-corrected chi connectivity index (χ4v) is 4.39. The van der Waals surface area contributed by atoms with Crippen LogP contribution < -0.4 is 4.74 Å². The molecule has 1 aromatic rings. The van der Waals surface area contributed by atoms with Gasteiger partial charge in [-0.05, 0) is 38.5 Å². The Kier molecular flexibility index (Phi) is 4.85. The van der Waals surface area contributed by atoms with Crippen LogP contribution in [0.25, 0.3) is 0 Å². The lowest BCUT2D eigenvalue weighted by molar-refractivity contribution is -0.0627. The van der Waals surface area contributed by atoms with Crippen LogP contribution in [-0.4, -0.2) is 43.7 Å². The first-order valence-electron chi connectivity index (χ1n) is 8.50. The predicted octanol–water partition coefficient (Wildman–Crippen LogP) is 2.09. The van der Waals surface area contributed by atoms with E-state index in [0.29, 0.717) is 35.7 Å².